The lowest BCUT2D eigenvalue weighted by atomic mass is 10.1. The van der Waals surface area contributed by atoms with Crippen LogP contribution in [0.15, 0.2) is 0 Å². The smallest absolute Gasteiger partial charge is 0.261 e. The molecule has 0 aliphatic heterocycles. The quantitative estimate of drug-likeness (QED) is 0.604. The summed E-state index contributed by atoms with van der Waals surface area (Å²) in [5, 5.41) is 3.37. The third-order valence-electron chi connectivity index (χ3n) is 2.66. The Morgan fingerprint density at radius 1 is 1.40 bits per heavy atom. The number of hydrogen-bond acceptors (Lipinski definition) is 2. The maximum absolute atomic E-state index is 11.8. The Bertz CT molecular complexity index is 163. The first kappa shape index (κ1) is 12.8. The van der Waals surface area contributed by atoms with Crippen LogP contribution in [-0.4, -0.2) is 32.2 Å². The summed E-state index contributed by atoms with van der Waals surface area (Å²) in [6.07, 6.45) is 2.34. The van der Waals surface area contributed by atoms with Crippen LogP contribution in [0.1, 0.15) is 32.6 Å². The zero-order valence-electron chi connectivity index (χ0n) is 9.35. The Balaban J connectivity index is 2.02. The van der Waals surface area contributed by atoms with Gasteiger partial charge in [-0.3, -0.25) is 0 Å². The summed E-state index contributed by atoms with van der Waals surface area (Å²) in [4.78, 5) is 0. The molecule has 0 aromatic rings. The van der Waals surface area contributed by atoms with Gasteiger partial charge in [-0.05, 0) is 25.3 Å². The molecule has 1 N–H and O–H groups in total. The fourth-order valence-electron chi connectivity index (χ4n) is 1.75. The molecule has 0 spiro atoms. The van der Waals surface area contributed by atoms with Crippen LogP contribution in [-0.2, 0) is 4.74 Å². The molecule has 2 nitrogen and oxygen atoms in total. The molecule has 1 saturated carbocycles. The van der Waals surface area contributed by atoms with E-state index in [1.807, 2.05) is 0 Å². The average Bonchev–Trinajstić information content (AvgIpc) is 2.96. The molecule has 1 rings (SSSR count). The lowest BCUT2D eigenvalue weighted by Gasteiger charge is -2.17. The average molecular weight is 221 g/mol. The monoisotopic (exact) mass is 221 g/mol. The van der Waals surface area contributed by atoms with Crippen molar-refractivity contribution in [2.75, 3.05) is 19.8 Å². The first-order chi connectivity index (χ1) is 7.22. The van der Waals surface area contributed by atoms with Crippen LogP contribution in [0.3, 0.4) is 0 Å². The number of hydrogen-bond donors (Lipinski definition) is 1. The highest BCUT2D eigenvalue weighted by atomic mass is 19.3. The van der Waals surface area contributed by atoms with Crippen molar-refractivity contribution < 1.29 is 13.5 Å². The second kappa shape index (κ2) is 7.12. The van der Waals surface area contributed by atoms with Gasteiger partial charge in [0, 0.05) is 12.6 Å². The molecule has 0 aromatic heterocycles. The molecule has 1 aliphatic rings. The summed E-state index contributed by atoms with van der Waals surface area (Å²) in [6, 6.07) is 0.445. The van der Waals surface area contributed by atoms with Crippen LogP contribution in [0.2, 0.25) is 0 Å². The molecule has 1 aliphatic carbocycles. The van der Waals surface area contributed by atoms with Gasteiger partial charge in [-0.2, -0.15) is 0 Å². The fraction of sp³-hybridized carbons (Fsp3) is 1.00. The zero-order valence-corrected chi connectivity index (χ0v) is 9.35. The van der Waals surface area contributed by atoms with Gasteiger partial charge in [-0.25, -0.2) is 8.78 Å². The third-order valence-corrected chi connectivity index (χ3v) is 2.66. The highest BCUT2D eigenvalue weighted by Gasteiger charge is 2.24. The van der Waals surface area contributed by atoms with Crippen LogP contribution in [0.5, 0.6) is 0 Å². The van der Waals surface area contributed by atoms with E-state index in [-0.39, 0.29) is 0 Å². The second-order valence-corrected chi connectivity index (χ2v) is 4.19. The van der Waals surface area contributed by atoms with Crippen molar-refractivity contribution in [3.63, 3.8) is 0 Å². The molecule has 4 heteroatoms. The molecule has 15 heavy (non-hydrogen) atoms. The number of halogens is 2. The molecule has 0 aromatic carbocycles. The minimum atomic E-state index is -2.34. The topological polar surface area (TPSA) is 21.3 Å². The first-order valence-corrected chi connectivity index (χ1v) is 5.81. The third kappa shape index (κ3) is 6.79. The lowest BCUT2D eigenvalue weighted by Crippen LogP contribution is -2.30. The highest BCUT2D eigenvalue weighted by Crippen LogP contribution is 2.34. The molecule has 0 saturated heterocycles. The normalized spacial score (nSPS) is 18.4. The van der Waals surface area contributed by atoms with Gasteiger partial charge in [0.2, 0.25) is 0 Å². The van der Waals surface area contributed by atoms with Crippen molar-refractivity contribution in [2.45, 2.75) is 45.1 Å². The lowest BCUT2D eigenvalue weighted by molar-refractivity contribution is 0.0141. The summed E-state index contributed by atoms with van der Waals surface area (Å²) < 4.78 is 28.5. The van der Waals surface area contributed by atoms with Crippen molar-refractivity contribution in [1.29, 1.82) is 0 Å². The van der Waals surface area contributed by atoms with E-state index in [9.17, 15) is 8.78 Å². The van der Waals surface area contributed by atoms with Crippen molar-refractivity contribution in [2.24, 2.45) is 5.92 Å². The van der Waals surface area contributed by atoms with Gasteiger partial charge >= 0.3 is 0 Å². The standard InChI is InChI=1S/C11H21F2NO/c1-2-14-10(7-9-3-4-9)5-6-15-8-11(12)13/h9-11,14H,2-8H2,1H3. The largest absolute Gasteiger partial charge is 0.375 e. The van der Waals surface area contributed by atoms with E-state index in [1.54, 1.807) is 0 Å². The Labute approximate surface area is 90.4 Å². The van der Waals surface area contributed by atoms with Crippen molar-refractivity contribution in [3.05, 3.63) is 0 Å². The second-order valence-electron chi connectivity index (χ2n) is 4.19. The van der Waals surface area contributed by atoms with Crippen molar-refractivity contribution in [1.82, 2.24) is 5.32 Å². The van der Waals surface area contributed by atoms with Gasteiger partial charge in [0.25, 0.3) is 6.43 Å². The van der Waals surface area contributed by atoms with Gasteiger partial charge in [0.15, 0.2) is 0 Å². The van der Waals surface area contributed by atoms with E-state index >= 15 is 0 Å². The van der Waals surface area contributed by atoms with E-state index in [2.05, 4.69) is 12.2 Å². The van der Waals surface area contributed by atoms with Crippen molar-refractivity contribution in [3.8, 4) is 0 Å². The molecular weight excluding hydrogens is 200 g/mol. The minimum Gasteiger partial charge on any atom is -0.375 e. The van der Waals surface area contributed by atoms with Crippen molar-refractivity contribution >= 4 is 0 Å². The van der Waals surface area contributed by atoms with Gasteiger partial charge < -0.3 is 10.1 Å². The molecule has 0 heterocycles. The number of alkyl halides is 2. The molecule has 0 bridgehead atoms. The predicted molar refractivity (Wildman–Crippen MR) is 56.2 cm³/mol. The molecule has 1 fully saturated rings. The van der Waals surface area contributed by atoms with Gasteiger partial charge in [0.05, 0.1) is 0 Å². The molecule has 1 atom stereocenters. The summed E-state index contributed by atoms with van der Waals surface area (Å²) in [6.45, 7) is 3.02. The highest BCUT2D eigenvalue weighted by molar-refractivity contribution is 4.79. The summed E-state index contributed by atoms with van der Waals surface area (Å²) in [7, 11) is 0. The van der Waals surface area contributed by atoms with E-state index in [4.69, 9.17) is 4.74 Å². The molecule has 0 amide bonds. The van der Waals surface area contributed by atoms with E-state index in [0.29, 0.717) is 12.6 Å². The Hall–Kier alpha value is -0.220. The van der Waals surface area contributed by atoms with Crippen LogP contribution in [0.4, 0.5) is 8.78 Å². The molecular formula is C11H21F2NO. The maximum Gasteiger partial charge on any atom is 0.261 e. The van der Waals surface area contributed by atoms with Gasteiger partial charge in [-0.1, -0.05) is 19.8 Å². The van der Waals surface area contributed by atoms with E-state index in [0.717, 1.165) is 18.9 Å². The van der Waals surface area contributed by atoms with Crippen LogP contribution >= 0.6 is 0 Å². The first-order valence-electron chi connectivity index (χ1n) is 5.81. The summed E-state index contributed by atoms with van der Waals surface area (Å²) >= 11 is 0. The summed E-state index contributed by atoms with van der Waals surface area (Å²) in [5.41, 5.74) is 0. The Morgan fingerprint density at radius 3 is 2.67 bits per heavy atom. The summed E-state index contributed by atoms with van der Waals surface area (Å²) in [5.74, 6) is 0.865. The number of nitrogens with one attached hydrogen (secondary N) is 1. The SMILES string of the molecule is CCNC(CCOCC(F)F)CC1CC1. The Kier molecular flexibility index (Phi) is 6.10. The number of ether oxygens (including phenoxy) is 1. The van der Waals surface area contributed by atoms with E-state index < -0.39 is 13.0 Å². The van der Waals surface area contributed by atoms with Crippen LogP contribution in [0.25, 0.3) is 0 Å². The molecule has 1 unspecified atom stereocenters. The Morgan fingerprint density at radius 2 is 2.13 bits per heavy atom. The number of rotatable bonds is 9. The van der Waals surface area contributed by atoms with Crippen LogP contribution in [0, 0.1) is 5.92 Å². The van der Waals surface area contributed by atoms with Gasteiger partial charge in [0.1, 0.15) is 6.61 Å². The van der Waals surface area contributed by atoms with Crippen LogP contribution < -0.4 is 5.32 Å². The molecule has 0 radical (unpaired) electrons. The van der Waals surface area contributed by atoms with Gasteiger partial charge in [-0.15, -0.1) is 0 Å². The zero-order chi connectivity index (χ0) is 11.1. The predicted octanol–water partition coefficient (Wildman–Crippen LogP) is 2.44. The maximum atomic E-state index is 11.8. The fourth-order valence-corrected chi connectivity index (χ4v) is 1.75. The van der Waals surface area contributed by atoms with E-state index in [1.165, 1.54) is 19.3 Å². The molecule has 90 valence electrons. The minimum absolute atomic E-state index is 0.428.